The van der Waals surface area contributed by atoms with E-state index in [1.54, 1.807) is 0 Å². The molecule has 3 nitrogen and oxygen atoms in total. The summed E-state index contributed by atoms with van der Waals surface area (Å²) in [4.78, 5) is 12.3. The molecule has 2 fully saturated rings. The maximum Gasteiger partial charge on any atom is 0.309 e. The highest BCUT2D eigenvalue weighted by Crippen LogP contribution is 2.38. The summed E-state index contributed by atoms with van der Waals surface area (Å²) in [7, 11) is 0. The number of ether oxygens (including phenoxy) is 1. The maximum absolute atomic E-state index is 12.3. The molecule has 2 rings (SSSR count). The van der Waals surface area contributed by atoms with E-state index in [0.717, 1.165) is 25.4 Å². The Balaban J connectivity index is 2.00. The smallest absolute Gasteiger partial charge is 0.309 e. The zero-order chi connectivity index (χ0) is 13.2. The average molecular weight is 253 g/mol. The number of esters is 1. The van der Waals surface area contributed by atoms with Gasteiger partial charge in [-0.1, -0.05) is 25.7 Å². The van der Waals surface area contributed by atoms with Gasteiger partial charge in [0.1, 0.15) is 5.60 Å². The summed E-state index contributed by atoms with van der Waals surface area (Å²) in [5.41, 5.74) is -0.359. The first kappa shape index (κ1) is 13.9. The van der Waals surface area contributed by atoms with Gasteiger partial charge in [-0.3, -0.25) is 4.79 Å². The molecule has 0 bridgehead atoms. The standard InChI is InChI=1S/C15H27NO2/c1-15(2,3)18-14(17)12-8-9-16-10-13(12)11-6-4-5-7-11/h11-13,16H,4-10H2,1-3H3/t12-,13-/m1/s1. The normalized spacial score (nSPS) is 30.4. The van der Waals surface area contributed by atoms with E-state index in [-0.39, 0.29) is 17.5 Å². The van der Waals surface area contributed by atoms with Gasteiger partial charge in [0.25, 0.3) is 0 Å². The summed E-state index contributed by atoms with van der Waals surface area (Å²) in [6.07, 6.45) is 6.21. The van der Waals surface area contributed by atoms with Crippen molar-refractivity contribution >= 4 is 5.97 Å². The van der Waals surface area contributed by atoms with Gasteiger partial charge in [-0.2, -0.15) is 0 Å². The SMILES string of the molecule is CC(C)(C)OC(=O)[C@@H]1CCNC[C@@H]1C1CCCC1. The van der Waals surface area contributed by atoms with Crippen molar-refractivity contribution < 1.29 is 9.53 Å². The fraction of sp³-hybridized carbons (Fsp3) is 0.933. The van der Waals surface area contributed by atoms with Crippen LogP contribution in [0.15, 0.2) is 0 Å². The average Bonchev–Trinajstić information content (AvgIpc) is 2.80. The lowest BCUT2D eigenvalue weighted by atomic mass is 9.77. The number of carbonyl (C=O) groups excluding carboxylic acids is 1. The summed E-state index contributed by atoms with van der Waals surface area (Å²) >= 11 is 0. The predicted octanol–water partition coefficient (Wildman–Crippen LogP) is 2.74. The Morgan fingerprint density at radius 1 is 1.17 bits per heavy atom. The van der Waals surface area contributed by atoms with Crippen LogP contribution in [0.25, 0.3) is 0 Å². The zero-order valence-corrected chi connectivity index (χ0v) is 12.0. The van der Waals surface area contributed by atoms with Crippen molar-refractivity contribution in [1.82, 2.24) is 5.32 Å². The number of nitrogens with one attached hydrogen (secondary N) is 1. The molecule has 1 heterocycles. The molecule has 104 valence electrons. The molecule has 0 radical (unpaired) electrons. The first-order chi connectivity index (χ1) is 8.47. The van der Waals surface area contributed by atoms with Crippen LogP contribution in [0.1, 0.15) is 52.9 Å². The molecule has 2 aliphatic rings. The highest BCUT2D eigenvalue weighted by Gasteiger charge is 2.39. The van der Waals surface area contributed by atoms with Crippen molar-refractivity contribution in [3.05, 3.63) is 0 Å². The third-order valence-corrected chi connectivity index (χ3v) is 4.24. The molecule has 0 amide bonds. The monoisotopic (exact) mass is 253 g/mol. The molecule has 18 heavy (non-hydrogen) atoms. The minimum absolute atomic E-state index is 0.0286. The molecule has 0 unspecified atom stereocenters. The number of carbonyl (C=O) groups is 1. The quantitative estimate of drug-likeness (QED) is 0.769. The number of rotatable bonds is 2. The molecule has 0 aromatic carbocycles. The zero-order valence-electron chi connectivity index (χ0n) is 12.0. The molecule has 1 N–H and O–H groups in total. The Morgan fingerprint density at radius 2 is 1.83 bits per heavy atom. The second-order valence-electron chi connectivity index (χ2n) is 6.84. The molecule has 1 aliphatic carbocycles. The van der Waals surface area contributed by atoms with Crippen LogP contribution in [-0.2, 0) is 9.53 Å². The molecule has 1 saturated heterocycles. The fourth-order valence-electron chi connectivity index (χ4n) is 3.43. The fourth-order valence-corrected chi connectivity index (χ4v) is 3.43. The Morgan fingerprint density at radius 3 is 2.44 bits per heavy atom. The van der Waals surface area contributed by atoms with Crippen LogP contribution in [0.3, 0.4) is 0 Å². The summed E-state index contributed by atoms with van der Waals surface area (Å²) in [6.45, 7) is 7.81. The van der Waals surface area contributed by atoms with E-state index >= 15 is 0 Å². The molecule has 1 aliphatic heterocycles. The Bertz CT molecular complexity index is 289. The summed E-state index contributed by atoms with van der Waals surface area (Å²) in [6, 6.07) is 0. The van der Waals surface area contributed by atoms with Crippen molar-refractivity contribution in [3.8, 4) is 0 Å². The molecule has 1 saturated carbocycles. The minimum Gasteiger partial charge on any atom is -0.460 e. The molecule has 0 aromatic heterocycles. The molecule has 2 atom stereocenters. The topological polar surface area (TPSA) is 38.3 Å². The number of piperidine rings is 1. The van der Waals surface area contributed by atoms with Gasteiger partial charge >= 0.3 is 5.97 Å². The lowest BCUT2D eigenvalue weighted by molar-refractivity contribution is -0.164. The van der Waals surface area contributed by atoms with Gasteiger partial charge in [0, 0.05) is 0 Å². The van der Waals surface area contributed by atoms with Crippen molar-refractivity contribution in [2.24, 2.45) is 17.8 Å². The molecular formula is C15H27NO2. The first-order valence-electron chi connectivity index (χ1n) is 7.41. The van der Waals surface area contributed by atoms with Crippen molar-refractivity contribution in [2.75, 3.05) is 13.1 Å². The number of hydrogen-bond donors (Lipinski definition) is 1. The minimum atomic E-state index is -0.359. The lowest BCUT2D eigenvalue weighted by Gasteiger charge is -2.36. The first-order valence-corrected chi connectivity index (χ1v) is 7.41. The van der Waals surface area contributed by atoms with Crippen LogP contribution in [0.5, 0.6) is 0 Å². The third kappa shape index (κ3) is 3.47. The van der Waals surface area contributed by atoms with Crippen molar-refractivity contribution in [1.29, 1.82) is 0 Å². The summed E-state index contributed by atoms with van der Waals surface area (Å²) in [5.74, 6) is 1.38. The van der Waals surface area contributed by atoms with Crippen LogP contribution in [-0.4, -0.2) is 24.7 Å². The number of hydrogen-bond acceptors (Lipinski definition) is 3. The third-order valence-electron chi connectivity index (χ3n) is 4.24. The summed E-state index contributed by atoms with van der Waals surface area (Å²) < 4.78 is 5.60. The van der Waals surface area contributed by atoms with Gasteiger partial charge < -0.3 is 10.1 Å². The second-order valence-corrected chi connectivity index (χ2v) is 6.84. The van der Waals surface area contributed by atoms with Crippen LogP contribution in [0.2, 0.25) is 0 Å². The lowest BCUT2D eigenvalue weighted by Crippen LogP contribution is -2.45. The molecule has 3 heteroatoms. The highest BCUT2D eigenvalue weighted by molar-refractivity contribution is 5.73. The molecule has 0 aromatic rings. The predicted molar refractivity (Wildman–Crippen MR) is 72.3 cm³/mol. The molecular weight excluding hydrogens is 226 g/mol. The van der Waals surface area contributed by atoms with Crippen LogP contribution in [0, 0.1) is 17.8 Å². The van der Waals surface area contributed by atoms with E-state index in [2.05, 4.69) is 5.32 Å². The van der Waals surface area contributed by atoms with Crippen LogP contribution in [0.4, 0.5) is 0 Å². The van der Waals surface area contributed by atoms with E-state index in [9.17, 15) is 4.79 Å². The van der Waals surface area contributed by atoms with Gasteiger partial charge in [0.05, 0.1) is 5.92 Å². The van der Waals surface area contributed by atoms with E-state index in [4.69, 9.17) is 4.74 Å². The van der Waals surface area contributed by atoms with Gasteiger partial charge in [-0.15, -0.1) is 0 Å². The summed E-state index contributed by atoms with van der Waals surface area (Å²) in [5, 5.41) is 3.45. The maximum atomic E-state index is 12.3. The highest BCUT2D eigenvalue weighted by atomic mass is 16.6. The Labute approximate surface area is 111 Å². The molecule has 0 spiro atoms. The van der Waals surface area contributed by atoms with Crippen LogP contribution < -0.4 is 5.32 Å². The second kappa shape index (κ2) is 5.60. The van der Waals surface area contributed by atoms with Crippen molar-refractivity contribution in [2.45, 2.75) is 58.5 Å². The van der Waals surface area contributed by atoms with Crippen LogP contribution >= 0.6 is 0 Å². The van der Waals surface area contributed by atoms with E-state index in [1.807, 2.05) is 20.8 Å². The van der Waals surface area contributed by atoms with Gasteiger partial charge in [0.2, 0.25) is 0 Å². The van der Waals surface area contributed by atoms with E-state index < -0.39 is 0 Å². The Hall–Kier alpha value is -0.570. The van der Waals surface area contributed by atoms with Crippen molar-refractivity contribution in [3.63, 3.8) is 0 Å². The van der Waals surface area contributed by atoms with E-state index in [0.29, 0.717) is 5.92 Å². The van der Waals surface area contributed by atoms with Gasteiger partial charge in [-0.25, -0.2) is 0 Å². The largest absolute Gasteiger partial charge is 0.460 e. The van der Waals surface area contributed by atoms with Gasteiger partial charge in [-0.05, 0) is 52.1 Å². The van der Waals surface area contributed by atoms with Gasteiger partial charge in [0.15, 0.2) is 0 Å². The Kier molecular flexibility index (Phi) is 4.31. The van der Waals surface area contributed by atoms with E-state index in [1.165, 1.54) is 25.7 Å².